The average Bonchev–Trinajstić information content (AvgIpc) is 2.61. The first-order valence-corrected chi connectivity index (χ1v) is 8.16. The number of rotatable bonds is 7. The van der Waals surface area contributed by atoms with Gasteiger partial charge in [-0.1, -0.05) is 18.2 Å². The van der Waals surface area contributed by atoms with Crippen molar-refractivity contribution in [1.82, 2.24) is 0 Å². The van der Waals surface area contributed by atoms with Gasteiger partial charge in [0, 0.05) is 11.3 Å². The van der Waals surface area contributed by atoms with E-state index in [-0.39, 0.29) is 12.4 Å². The van der Waals surface area contributed by atoms with Gasteiger partial charge in [-0.15, -0.1) is 0 Å². The third kappa shape index (κ3) is 5.44. The second kappa shape index (κ2) is 8.80. The molecule has 0 unspecified atom stereocenters. The maximum atomic E-state index is 12.1. The molecule has 136 valence electrons. The van der Waals surface area contributed by atoms with Gasteiger partial charge in [-0.05, 0) is 56.7 Å². The molecule has 0 aliphatic carbocycles. The van der Waals surface area contributed by atoms with Crippen LogP contribution in [0, 0.1) is 6.92 Å². The Morgan fingerprint density at radius 1 is 1.04 bits per heavy atom. The summed E-state index contributed by atoms with van der Waals surface area (Å²) in [6.07, 6.45) is -0.976. The molecule has 1 amide bonds. The Bertz CT molecular complexity index is 798. The van der Waals surface area contributed by atoms with Gasteiger partial charge in [0.2, 0.25) is 0 Å². The second-order valence-corrected chi connectivity index (χ2v) is 5.81. The molecule has 2 rings (SSSR count). The number of ketones is 1. The first kappa shape index (κ1) is 19.2. The van der Waals surface area contributed by atoms with E-state index in [4.69, 9.17) is 9.47 Å². The van der Waals surface area contributed by atoms with Crippen LogP contribution >= 0.6 is 0 Å². The van der Waals surface area contributed by atoms with E-state index in [1.807, 2.05) is 19.1 Å². The number of hydrogen-bond acceptors (Lipinski definition) is 5. The number of nitrogens with one attached hydrogen (secondary N) is 1. The Labute approximate surface area is 152 Å². The summed E-state index contributed by atoms with van der Waals surface area (Å²) in [5.41, 5.74) is 1.97. The van der Waals surface area contributed by atoms with Crippen LogP contribution in [-0.2, 0) is 14.3 Å². The van der Waals surface area contributed by atoms with Crippen molar-refractivity contribution in [2.75, 3.05) is 11.9 Å². The number of amides is 1. The van der Waals surface area contributed by atoms with Crippen molar-refractivity contribution in [3.63, 3.8) is 0 Å². The molecular formula is C20H21NO5. The van der Waals surface area contributed by atoms with Gasteiger partial charge >= 0.3 is 5.97 Å². The minimum atomic E-state index is -0.976. The lowest BCUT2D eigenvalue weighted by molar-refractivity contribution is -0.155. The minimum Gasteiger partial charge on any atom is -0.482 e. The number of esters is 1. The Balaban J connectivity index is 1.83. The van der Waals surface area contributed by atoms with Gasteiger partial charge in [0.25, 0.3) is 5.91 Å². The number of aryl methyl sites for hydroxylation is 1. The lowest BCUT2D eigenvalue weighted by atomic mass is 10.1. The third-order valence-electron chi connectivity index (χ3n) is 3.68. The number of anilines is 1. The average molecular weight is 355 g/mol. The smallest absolute Gasteiger partial charge is 0.344 e. The standard InChI is InChI=1S/C20H21NO5/c1-13-6-4-5-7-18(13)25-12-19(23)26-15(3)20(24)21-17-10-8-16(9-11-17)14(2)22/h4-11,15H,12H2,1-3H3,(H,21,24)/t15-/m0/s1. The lowest BCUT2D eigenvalue weighted by Gasteiger charge is -2.14. The number of carbonyl (C=O) groups excluding carboxylic acids is 3. The predicted octanol–water partition coefficient (Wildman–Crippen LogP) is 3.15. The van der Waals surface area contributed by atoms with Gasteiger partial charge in [-0.25, -0.2) is 4.79 Å². The molecule has 0 spiro atoms. The molecule has 0 bridgehead atoms. The topological polar surface area (TPSA) is 81.7 Å². The van der Waals surface area contributed by atoms with Gasteiger partial charge in [0.15, 0.2) is 18.5 Å². The van der Waals surface area contributed by atoms with E-state index in [2.05, 4.69) is 5.32 Å². The summed E-state index contributed by atoms with van der Waals surface area (Å²) in [6.45, 7) is 4.53. The van der Waals surface area contributed by atoms with Gasteiger partial charge in [-0.2, -0.15) is 0 Å². The van der Waals surface area contributed by atoms with Crippen LogP contribution in [0.1, 0.15) is 29.8 Å². The molecule has 6 nitrogen and oxygen atoms in total. The SMILES string of the molecule is CC(=O)c1ccc(NC(=O)[C@H](C)OC(=O)COc2ccccc2C)cc1. The molecular weight excluding hydrogens is 334 g/mol. The van der Waals surface area contributed by atoms with Gasteiger partial charge < -0.3 is 14.8 Å². The van der Waals surface area contributed by atoms with Crippen molar-refractivity contribution in [3.8, 4) is 5.75 Å². The minimum absolute atomic E-state index is 0.0566. The van der Waals surface area contributed by atoms with E-state index < -0.39 is 18.0 Å². The number of hydrogen-bond donors (Lipinski definition) is 1. The summed E-state index contributed by atoms with van der Waals surface area (Å²) >= 11 is 0. The van der Waals surface area contributed by atoms with Crippen LogP contribution in [-0.4, -0.2) is 30.4 Å². The lowest BCUT2D eigenvalue weighted by Crippen LogP contribution is -2.31. The highest BCUT2D eigenvalue weighted by Crippen LogP contribution is 2.16. The fourth-order valence-corrected chi connectivity index (χ4v) is 2.17. The zero-order valence-corrected chi connectivity index (χ0v) is 14.9. The second-order valence-electron chi connectivity index (χ2n) is 5.81. The molecule has 0 radical (unpaired) electrons. The highest BCUT2D eigenvalue weighted by molar-refractivity contribution is 5.97. The van der Waals surface area contributed by atoms with Crippen LogP contribution in [0.3, 0.4) is 0 Å². The number of para-hydroxylation sites is 1. The fraction of sp³-hybridized carbons (Fsp3) is 0.250. The van der Waals surface area contributed by atoms with E-state index in [0.29, 0.717) is 17.0 Å². The number of ether oxygens (including phenoxy) is 2. The van der Waals surface area contributed by atoms with Crippen LogP contribution in [0.15, 0.2) is 48.5 Å². The Morgan fingerprint density at radius 2 is 1.69 bits per heavy atom. The Hall–Kier alpha value is -3.15. The number of Topliss-reactive ketones (excluding diaryl/α,β-unsaturated/α-hetero) is 1. The quantitative estimate of drug-likeness (QED) is 0.609. The molecule has 0 saturated carbocycles. The molecule has 0 saturated heterocycles. The molecule has 1 N–H and O–H groups in total. The summed E-state index contributed by atoms with van der Waals surface area (Å²) in [6, 6.07) is 13.8. The molecule has 0 aliphatic rings. The molecule has 0 aromatic heterocycles. The van der Waals surface area contributed by atoms with Crippen molar-refractivity contribution in [1.29, 1.82) is 0 Å². The monoisotopic (exact) mass is 355 g/mol. The van der Waals surface area contributed by atoms with Crippen molar-refractivity contribution in [2.24, 2.45) is 0 Å². The van der Waals surface area contributed by atoms with Crippen LogP contribution in [0.25, 0.3) is 0 Å². The van der Waals surface area contributed by atoms with Crippen molar-refractivity contribution >= 4 is 23.3 Å². The van der Waals surface area contributed by atoms with E-state index >= 15 is 0 Å². The Morgan fingerprint density at radius 3 is 2.31 bits per heavy atom. The molecule has 26 heavy (non-hydrogen) atoms. The van der Waals surface area contributed by atoms with Crippen molar-refractivity contribution in [3.05, 3.63) is 59.7 Å². The van der Waals surface area contributed by atoms with Gasteiger partial charge in [0.1, 0.15) is 5.75 Å². The largest absolute Gasteiger partial charge is 0.482 e. The number of carbonyl (C=O) groups is 3. The summed E-state index contributed by atoms with van der Waals surface area (Å²) < 4.78 is 10.5. The van der Waals surface area contributed by atoms with Crippen LogP contribution in [0.4, 0.5) is 5.69 Å². The fourth-order valence-electron chi connectivity index (χ4n) is 2.17. The van der Waals surface area contributed by atoms with E-state index in [1.54, 1.807) is 36.4 Å². The molecule has 0 fully saturated rings. The van der Waals surface area contributed by atoms with E-state index in [0.717, 1.165) is 5.56 Å². The summed E-state index contributed by atoms with van der Waals surface area (Å²) in [4.78, 5) is 35.2. The molecule has 2 aromatic rings. The van der Waals surface area contributed by atoms with Gasteiger partial charge in [0.05, 0.1) is 0 Å². The normalized spacial score (nSPS) is 11.3. The summed E-state index contributed by atoms with van der Waals surface area (Å²) in [7, 11) is 0. The van der Waals surface area contributed by atoms with Gasteiger partial charge in [-0.3, -0.25) is 9.59 Å². The summed E-state index contributed by atoms with van der Waals surface area (Å²) in [5.74, 6) is -0.571. The van der Waals surface area contributed by atoms with Crippen molar-refractivity contribution < 1.29 is 23.9 Å². The zero-order valence-electron chi connectivity index (χ0n) is 14.9. The van der Waals surface area contributed by atoms with Crippen LogP contribution in [0.2, 0.25) is 0 Å². The maximum Gasteiger partial charge on any atom is 0.344 e. The molecule has 0 aliphatic heterocycles. The highest BCUT2D eigenvalue weighted by atomic mass is 16.6. The van der Waals surface area contributed by atoms with E-state index in [1.165, 1.54) is 13.8 Å². The van der Waals surface area contributed by atoms with E-state index in [9.17, 15) is 14.4 Å². The third-order valence-corrected chi connectivity index (χ3v) is 3.68. The van der Waals surface area contributed by atoms with Crippen LogP contribution in [0.5, 0.6) is 5.75 Å². The van der Waals surface area contributed by atoms with Crippen molar-refractivity contribution in [2.45, 2.75) is 26.9 Å². The molecule has 0 heterocycles. The molecule has 2 aromatic carbocycles. The maximum absolute atomic E-state index is 12.1. The number of benzene rings is 2. The van der Waals surface area contributed by atoms with Crippen LogP contribution < -0.4 is 10.1 Å². The first-order chi connectivity index (χ1) is 12.4. The highest BCUT2D eigenvalue weighted by Gasteiger charge is 2.18. The zero-order chi connectivity index (χ0) is 19.1. The first-order valence-electron chi connectivity index (χ1n) is 8.16. The predicted molar refractivity (Wildman–Crippen MR) is 97.3 cm³/mol. The summed E-state index contributed by atoms with van der Waals surface area (Å²) in [5, 5.41) is 2.63. The Kier molecular flexibility index (Phi) is 6.49. The molecule has 1 atom stereocenters. The molecule has 6 heteroatoms.